The molecule has 22 heavy (non-hydrogen) atoms. The van der Waals surface area contributed by atoms with Gasteiger partial charge in [0.25, 0.3) is 0 Å². The molecule has 0 fully saturated rings. The van der Waals surface area contributed by atoms with Gasteiger partial charge in [0.2, 0.25) is 5.91 Å². The van der Waals surface area contributed by atoms with Crippen LogP contribution in [0.3, 0.4) is 0 Å². The number of alkyl halides is 2. The second-order valence-electron chi connectivity index (χ2n) is 4.22. The van der Waals surface area contributed by atoms with E-state index in [-0.39, 0.29) is 36.4 Å². The van der Waals surface area contributed by atoms with Crippen LogP contribution in [0.1, 0.15) is 25.3 Å². The van der Waals surface area contributed by atoms with Crippen molar-refractivity contribution < 1.29 is 23.0 Å². The summed E-state index contributed by atoms with van der Waals surface area (Å²) in [5, 5.41) is 2.64. The lowest BCUT2D eigenvalue weighted by atomic mass is 10.1. The molecule has 0 aliphatic rings. The van der Waals surface area contributed by atoms with Crippen LogP contribution in [-0.4, -0.2) is 25.7 Å². The van der Waals surface area contributed by atoms with Crippen molar-refractivity contribution in [3.05, 3.63) is 23.8 Å². The zero-order valence-electron chi connectivity index (χ0n) is 12.3. The predicted molar refractivity (Wildman–Crippen MR) is 81.6 cm³/mol. The Morgan fingerprint density at radius 3 is 2.73 bits per heavy atom. The van der Waals surface area contributed by atoms with Gasteiger partial charge in [-0.3, -0.25) is 4.79 Å². The Balaban J connectivity index is 0.00000441. The summed E-state index contributed by atoms with van der Waals surface area (Å²) in [5.41, 5.74) is 5.75. The molecule has 0 aliphatic carbocycles. The van der Waals surface area contributed by atoms with Gasteiger partial charge in [0.1, 0.15) is 0 Å². The molecule has 0 radical (unpaired) electrons. The van der Waals surface area contributed by atoms with Gasteiger partial charge >= 0.3 is 6.61 Å². The van der Waals surface area contributed by atoms with Gasteiger partial charge in [-0.25, -0.2) is 0 Å². The first-order valence-corrected chi connectivity index (χ1v) is 6.74. The van der Waals surface area contributed by atoms with Crippen LogP contribution >= 0.6 is 12.4 Å². The molecule has 5 nitrogen and oxygen atoms in total. The molecule has 0 aliphatic heterocycles. The summed E-state index contributed by atoms with van der Waals surface area (Å²) in [7, 11) is 0. The van der Waals surface area contributed by atoms with Gasteiger partial charge in [-0.15, -0.1) is 12.4 Å². The number of halogens is 3. The Bertz CT molecular complexity index is 462. The molecular weight excluding hydrogens is 318 g/mol. The highest BCUT2D eigenvalue weighted by atomic mass is 35.5. The van der Waals surface area contributed by atoms with Crippen molar-refractivity contribution in [2.75, 3.05) is 13.2 Å². The molecule has 0 unspecified atom stereocenters. The third-order valence-electron chi connectivity index (χ3n) is 2.65. The summed E-state index contributed by atoms with van der Waals surface area (Å²) < 4.78 is 34.8. The molecule has 0 atom stereocenters. The van der Waals surface area contributed by atoms with Gasteiger partial charge in [0.15, 0.2) is 11.5 Å². The summed E-state index contributed by atoms with van der Waals surface area (Å²) in [4.78, 5) is 11.5. The summed E-state index contributed by atoms with van der Waals surface area (Å²) in [5.74, 6) is -0.00904. The van der Waals surface area contributed by atoms with Crippen LogP contribution in [0.25, 0.3) is 0 Å². The molecule has 1 aromatic rings. The molecule has 8 heteroatoms. The van der Waals surface area contributed by atoms with Crippen molar-refractivity contribution >= 4 is 18.3 Å². The summed E-state index contributed by atoms with van der Waals surface area (Å²) in [6.45, 7) is -0.378. The van der Waals surface area contributed by atoms with E-state index in [1.165, 1.54) is 0 Å². The van der Waals surface area contributed by atoms with E-state index < -0.39 is 6.61 Å². The second-order valence-corrected chi connectivity index (χ2v) is 4.22. The SMILES string of the molecule is CCOc1cccc(CNC(=O)CCCN)c1OC(F)F.Cl. The van der Waals surface area contributed by atoms with E-state index in [1.807, 2.05) is 0 Å². The first-order valence-electron chi connectivity index (χ1n) is 6.74. The summed E-state index contributed by atoms with van der Waals surface area (Å²) in [6.07, 6.45) is 0.873. The largest absolute Gasteiger partial charge is 0.490 e. The number of amides is 1. The zero-order chi connectivity index (χ0) is 15.7. The van der Waals surface area contributed by atoms with E-state index in [1.54, 1.807) is 25.1 Å². The first kappa shape index (κ1) is 20.4. The number of rotatable bonds is 9. The molecule has 0 aromatic heterocycles. The molecule has 0 spiro atoms. The number of ether oxygens (including phenoxy) is 2. The molecule has 0 bridgehead atoms. The molecule has 1 aromatic carbocycles. The minimum atomic E-state index is -2.96. The lowest BCUT2D eigenvalue weighted by molar-refractivity contribution is -0.121. The number of carbonyl (C=O) groups is 1. The number of carbonyl (C=O) groups excluding carboxylic acids is 1. The van der Waals surface area contributed by atoms with Crippen molar-refractivity contribution in [3.63, 3.8) is 0 Å². The van der Waals surface area contributed by atoms with Crippen molar-refractivity contribution in [1.29, 1.82) is 0 Å². The number of nitrogens with one attached hydrogen (secondary N) is 1. The third-order valence-corrected chi connectivity index (χ3v) is 2.65. The maximum Gasteiger partial charge on any atom is 0.387 e. The molecule has 0 saturated heterocycles. The maximum absolute atomic E-state index is 12.5. The minimum Gasteiger partial charge on any atom is -0.490 e. The van der Waals surface area contributed by atoms with Crippen LogP contribution in [0.4, 0.5) is 8.78 Å². The fourth-order valence-corrected chi connectivity index (χ4v) is 1.74. The lowest BCUT2D eigenvalue weighted by Crippen LogP contribution is -2.23. The average Bonchev–Trinajstić information content (AvgIpc) is 2.45. The minimum absolute atomic E-state index is 0. The molecule has 1 amide bonds. The van der Waals surface area contributed by atoms with Crippen LogP contribution in [0, 0.1) is 0 Å². The Hall–Kier alpha value is -1.60. The molecule has 0 heterocycles. The van der Waals surface area contributed by atoms with Gasteiger partial charge < -0.3 is 20.5 Å². The summed E-state index contributed by atoms with van der Waals surface area (Å²) >= 11 is 0. The number of benzene rings is 1. The highest BCUT2D eigenvalue weighted by Crippen LogP contribution is 2.32. The fraction of sp³-hybridized carbons (Fsp3) is 0.500. The first-order chi connectivity index (χ1) is 10.1. The number of nitrogens with two attached hydrogens (primary N) is 1. The van der Waals surface area contributed by atoms with Crippen molar-refractivity contribution in [2.24, 2.45) is 5.73 Å². The topological polar surface area (TPSA) is 73.6 Å². The van der Waals surface area contributed by atoms with E-state index >= 15 is 0 Å². The molecule has 0 saturated carbocycles. The summed E-state index contributed by atoms with van der Waals surface area (Å²) in [6, 6.07) is 4.80. The average molecular weight is 339 g/mol. The second kappa shape index (κ2) is 11.0. The molecule has 1 rings (SSSR count). The van der Waals surface area contributed by atoms with E-state index in [2.05, 4.69) is 10.1 Å². The smallest absolute Gasteiger partial charge is 0.387 e. The molecule has 126 valence electrons. The van der Waals surface area contributed by atoms with Gasteiger partial charge in [-0.1, -0.05) is 12.1 Å². The van der Waals surface area contributed by atoms with Gasteiger partial charge in [-0.2, -0.15) is 8.78 Å². The fourth-order valence-electron chi connectivity index (χ4n) is 1.74. The normalized spacial score (nSPS) is 10.0. The predicted octanol–water partition coefficient (Wildman–Crippen LogP) is 2.46. The lowest BCUT2D eigenvalue weighted by Gasteiger charge is -2.15. The van der Waals surface area contributed by atoms with Crippen molar-refractivity contribution in [2.45, 2.75) is 32.9 Å². The third kappa shape index (κ3) is 6.91. The standard InChI is InChI=1S/C14H20F2N2O3.ClH/c1-2-20-11-6-3-5-10(13(11)21-14(15)16)9-18-12(19)7-4-8-17;/h3,5-6,14H,2,4,7-9,17H2,1H3,(H,18,19);1H. The van der Waals surface area contributed by atoms with Crippen LogP contribution in [-0.2, 0) is 11.3 Å². The van der Waals surface area contributed by atoms with Crippen molar-refractivity contribution in [1.82, 2.24) is 5.32 Å². The van der Waals surface area contributed by atoms with Crippen LogP contribution in [0.5, 0.6) is 11.5 Å². The number of hydrogen-bond acceptors (Lipinski definition) is 4. The van der Waals surface area contributed by atoms with Crippen LogP contribution in [0.15, 0.2) is 18.2 Å². The molecular formula is C14H21ClF2N2O3. The van der Waals surface area contributed by atoms with E-state index in [0.717, 1.165) is 0 Å². The van der Waals surface area contributed by atoms with Gasteiger partial charge in [0.05, 0.1) is 6.61 Å². The Kier molecular flexibility index (Phi) is 10.2. The van der Waals surface area contributed by atoms with E-state index in [4.69, 9.17) is 10.5 Å². The van der Waals surface area contributed by atoms with Gasteiger partial charge in [-0.05, 0) is 26.0 Å². The van der Waals surface area contributed by atoms with Crippen molar-refractivity contribution in [3.8, 4) is 11.5 Å². The monoisotopic (exact) mass is 338 g/mol. The maximum atomic E-state index is 12.5. The highest BCUT2D eigenvalue weighted by molar-refractivity contribution is 5.85. The Morgan fingerprint density at radius 2 is 2.14 bits per heavy atom. The number of hydrogen-bond donors (Lipinski definition) is 2. The van der Waals surface area contributed by atoms with Crippen LogP contribution in [0.2, 0.25) is 0 Å². The highest BCUT2D eigenvalue weighted by Gasteiger charge is 2.16. The number of para-hydroxylation sites is 1. The van der Waals surface area contributed by atoms with Crippen LogP contribution < -0.4 is 20.5 Å². The Morgan fingerprint density at radius 1 is 1.41 bits per heavy atom. The molecule has 3 N–H and O–H groups in total. The van der Waals surface area contributed by atoms with E-state index in [0.29, 0.717) is 31.6 Å². The zero-order valence-corrected chi connectivity index (χ0v) is 13.1. The Labute approximate surface area is 134 Å². The van der Waals surface area contributed by atoms with Gasteiger partial charge in [0, 0.05) is 18.5 Å². The van der Waals surface area contributed by atoms with E-state index in [9.17, 15) is 13.6 Å². The quantitative estimate of drug-likeness (QED) is 0.725.